The van der Waals surface area contributed by atoms with Gasteiger partial charge in [-0.3, -0.25) is 4.79 Å². The Morgan fingerprint density at radius 2 is 2.14 bits per heavy atom. The van der Waals surface area contributed by atoms with Crippen molar-refractivity contribution in [2.75, 3.05) is 19.0 Å². The van der Waals surface area contributed by atoms with Crippen LogP contribution in [0.2, 0.25) is 0 Å². The highest BCUT2D eigenvalue weighted by atomic mass is 32.1. The van der Waals surface area contributed by atoms with Crippen LogP contribution in [-0.4, -0.2) is 31.6 Å². The number of thiophene rings is 1. The molecule has 0 radical (unpaired) electrons. The molecular weight excluding hydrogens is 288 g/mol. The van der Waals surface area contributed by atoms with Gasteiger partial charge in [0, 0.05) is 4.88 Å². The second kappa shape index (κ2) is 6.15. The zero-order chi connectivity index (χ0) is 14.8. The second-order valence-corrected chi connectivity index (χ2v) is 6.65. The Hall–Kier alpha value is -1.40. The Balaban J connectivity index is 1.81. The summed E-state index contributed by atoms with van der Waals surface area (Å²) in [4.78, 5) is 25.6. The molecule has 2 N–H and O–H groups in total. The second-order valence-electron chi connectivity index (χ2n) is 5.54. The molecule has 1 saturated heterocycles. The standard InChI is InChI=1S/C15H20N2O3S/c1-20-15(19)12-9-5-4-7-11(9)21-14(12)17-13(18)10-6-2-3-8-16-10/h10,16H,2-8H2,1H3,(H,17,18)/t10-/m1/s1. The van der Waals surface area contributed by atoms with E-state index in [9.17, 15) is 9.59 Å². The van der Waals surface area contributed by atoms with Gasteiger partial charge >= 0.3 is 5.97 Å². The molecule has 0 bridgehead atoms. The molecular formula is C15H20N2O3S. The van der Waals surface area contributed by atoms with E-state index in [1.54, 1.807) is 0 Å². The van der Waals surface area contributed by atoms with Gasteiger partial charge in [-0.25, -0.2) is 4.79 Å². The summed E-state index contributed by atoms with van der Waals surface area (Å²) in [5.74, 6) is -0.388. The van der Waals surface area contributed by atoms with Gasteiger partial charge < -0.3 is 15.4 Å². The molecule has 2 heterocycles. The predicted molar refractivity (Wildman–Crippen MR) is 82.0 cm³/mol. The number of amides is 1. The van der Waals surface area contributed by atoms with E-state index < -0.39 is 0 Å². The van der Waals surface area contributed by atoms with Gasteiger partial charge in [-0.1, -0.05) is 6.42 Å². The van der Waals surface area contributed by atoms with Gasteiger partial charge in [0.15, 0.2) is 0 Å². The van der Waals surface area contributed by atoms with Crippen molar-refractivity contribution >= 4 is 28.2 Å². The number of rotatable bonds is 3. The number of piperidine rings is 1. The van der Waals surface area contributed by atoms with Gasteiger partial charge in [0.1, 0.15) is 5.00 Å². The first-order chi connectivity index (χ1) is 10.2. The Kier molecular flexibility index (Phi) is 4.26. The Labute approximate surface area is 128 Å². The van der Waals surface area contributed by atoms with Crippen LogP contribution >= 0.6 is 11.3 Å². The normalized spacial score (nSPS) is 20.9. The number of carbonyl (C=O) groups excluding carboxylic acids is 2. The average molecular weight is 308 g/mol. The van der Waals surface area contributed by atoms with Crippen LogP contribution in [0, 0.1) is 0 Å². The van der Waals surface area contributed by atoms with Gasteiger partial charge in [0.2, 0.25) is 5.91 Å². The first-order valence-electron chi connectivity index (χ1n) is 7.48. The molecule has 6 heteroatoms. The Bertz CT molecular complexity index is 562. The van der Waals surface area contributed by atoms with Gasteiger partial charge in [0.25, 0.3) is 0 Å². The minimum atomic E-state index is -0.346. The van der Waals surface area contributed by atoms with Crippen LogP contribution in [0.3, 0.4) is 0 Å². The maximum atomic E-state index is 12.3. The number of ether oxygens (including phenoxy) is 1. The lowest BCUT2D eigenvalue weighted by Crippen LogP contribution is -2.43. The molecule has 0 unspecified atom stereocenters. The first kappa shape index (κ1) is 14.5. The smallest absolute Gasteiger partial charge is 0.341 e. The number of methoxy groups -OCH3 is 1. The van der Waals surface area contributed by atoms with E-state index in [0.717, 1.165) is 50.6 Å². The van der Waals surface area contributed by atoms with Crippen LogP contribution in [0.1, 0.15) is 46.5 Å². The summed E-state index contributed by atoms with van der Waals surface area (Å²) < 4.78 is 4.89. The predicted octanol–water partition coefficient (Wildman–Crippen LogP) is 2.10. The SMILES string of the molecule is COC(=O)c1c(NC(=O)[C@H]2CCCCN2)sc2c1CCC2. The van der Waals surface area contributed by atoms with Crippen molar-refractivity contribution in [2.24, 2.45) is 0 Å². The average Bonchev–Trinajstić information content (AvgIpc) is 3.07. The highest BCUT2D eigenvalue weighted by Crippen LogP contribution is 2.39. The van der Waals surface area contributed by atoms with E-state index in [1.807, 2.05) is 0 Å². The molecule has 1 aliphatic heterocycles. The molecule has 2 aliphatic rings. The summed E-state index contributed by atoms with van der Waals surface area (Å²) >= 11 is 1.52. The van der Waals surface area contributed by atoms with Crippen LogP contribution < -0.4 is 10.6 Å². The van der Waals surface area contributed by atoms with Crippen molar-refractivity contribution < 1.29 is 14.3 Å². The Morgan fingerprint density at radius 3 is 2.86 bits per heavy atom. The van der Waals surface area contributed by atoms with E-state index in [1.165, 1.54) is 23.3 Å². The van der Waals surface area contributed by atoms with Crippen LogP contribution in [0.5, 0.6) is 0 Å². The quantitative estimate of drug-likeness (QED) is 0.839. The summed E-state index contributed by atoms with van der Waals surface area (Å²) in [5.41, 5.74) is 1.64. The molecule has 21 heavy (non-hydrogen) atoms. The van der Waals surface area contributed by atoms with Gasteiger partial charge in [-0.15, -0.1) is 11.3 Å². The molecule has 1 aromatic rings. The third-order valence-corrected chi connectivity index (χ3v) is 5.38. The monoisotopic (exact) mass is 308 g/mol. The zero-order valence-corrected chi connectivity index (χ0v) is 13.0. The molecule has 1 aliphatic carbocycles. The lowest BCUT2D eigenvalue weighted by Gasteiger charge is -2.22. The molecule has 5 nitrogen and oxygen atoms in total. The van der Waals surface area contributed by atoms with Crippen molar-refractivity contribution in [1.82, 2.24) is 5.32 Å². The fourth-order valence-corrected chi connectivity index (χ4v) is 4.37. The van der Waals surface area contributed by atoms with Crippen molar-refractivity contribution in [3.8, 4) is 0 Å². The number of carbonyl (C=O) groups is 2. The van der Waals surface area contributed by atoms with Crippen LogP contribution in [0.4, 0.5) is 5.00 Å². The van der Waals surface area contributed by atoms with E-state index in [-0.39, 0.29) is 17.9 Å². The van der Waals surface area contributed by atoms with Crippen molar-refractivity contribution in [1.29, 1.82) is 0 Å². The molecule has 0 saturated carbocycles. The van der Waals surface area contributed by atoms with Crippen molar-refractivity contribution in [3.63, 3.8) is 0 Å². The van der Waals surface area contributed by atoms with Gasteiger partial charge in [-0.05, 0) is 44.2 Å². The molecule has 1 fully saturated rings. The van der Waals surface area contributed by atoms with Crippen LogP contribution in [-0.2, 0) is 22.4 Å². The number of nitrogens with one attached hydrogen (secondary N) is 2. The summed E-state index contributed by atoms with van der Waals surface area (Å²) in [7, 11) is 1.38. The summed E-state index contributed by atoms with van der Waals surface area (Å²) in [6.45, 7) is 0.878. The maximum absolute atomic E-state index is 12.3. The number of esters is 1. The summed E-state index contributed by atoms with van der Waals surface area (Å²) in [6.07, 6.45) is 5.99. The van der Waals surface area contributed by atoms with Crippen molar-refractivity contribution in [3.05, 3.63) is 16.0 Å². The summed E-state index contributed by atoms with van der Waals surface area (Å²) in [6, 6.07) is -0.152. The number of hydrogen-bond acceptors (Lipinski definition) is 5. The molecule has 1 aromatic heterocycles. The summed E-state index contributed by atoms with van der Waals surface area (Å²) in [5, 5.41) is 6.83. The highest BCUT2D eigenvalue weighted by molar-refractivity contribution is 7.17. The molecule has 0 aromatic carbocycles. The molecule has 0 spiro atoms. The van der Waals surface area contributed by atoms with E-state index >= 15 is 0 Å². The van der Waals surface area contributed by atoms with Gasteiger partial charge in [-0.2, -0.15) is 0 Å². The molecule has 1 atom stereocenters. The first-order valence-corrected chi connectivity index (χ1v) is 8.29. The van der Waals surface area contributed by atoms with E-state index in [0.29, 0.717) is 10.6 Å². The highest BCUT2D eigenvalue weighted by Gasteiger charge is 2.29. The topological polar surface area (TPSA) is 67.4 Å². The largest absolute Gasteiger partial charge is 0.465 e. The fraction of sp³-hybridized carbons (Fsp3) is 0.600. The number of hydrogen-bond donors (Lipinski definition) is 2. The number of aryl methyl sites for hydroxylation is 1. The third kappa shape index (κ3) is 2.82. The molecule has 114 valence electrons. The van der Waals surface area contributed by atoms with E-state index in [2.05, 4.69) is 10.6 Å². The van der Waals surface area contributed by atoms with Crippen LogP contribution in [0.15, 0.2) is 0 Å². The maximum Gasteiger partial charge on any atom is 0.341 e. The number of fused-ring (bicyclic) bond motifs is 1. The van der Waals surface area contributed by atoms with Crippen LogP contribution in [0.25, 0.3) is 0 Å². The zero-order valence-electron chi connectivity index (χ0n) is 12.2. The third-order valence-electron chi connectivity index (χ3n) is 4.17. The molecule has 3 rings (SSSR count). The lowest BCUT2D eigenvalue weighted by molar-refractivity contribution is -0.118. The van der Waals surface area contributed by atoms with E-state index in [4.69, 9.17) is 4.74 Å². The fourth-order valence-electron chi connectivity index (χ4n) is 3.08. The Morgan fingerprint density at radius 1 is 1.29 bits per heavy atom. The minimum Gasteiger partial charge on any atom is -0.465 e. The minimum absolute atomic E-state index is 0.0419. The number of anilines is 1. The van der Waals surface area contributed by atoms with Gasteiger partial charge in [0.05, 0.1) is 18.7 Å². The molecule has 1 amide bonds. The van der Waals surface area contributed by atoms with Crippen molar-refractivity contribution in [2.45, 2.75) is 44.6 Å². The lowest BCUT2D eigenvalue weighted by atomic mass is 10.0.